The first-order valence-electron chi connectivity index (χ1n) is 2.11. The monoisotopic (exact) mass is 142 g/mol. The van der Waals surface area contributed by atoms with Gasteiger partial charge in [0, 0.05) is 0 Å². The highest BCUT2D eigenvalue weighted by atomic mass is 35.6. The van der Waals surface area contributed by atoms with Gasteiger partial charge in [0.05, 0.1) is 28.2 Å². The third kappa shape index (κ3) is 5710. The topological polar surface area (TPSA) is 43.3 Å². The molecule has 0 saturated heterocycles. The van der Waals surface area contributed by atoms with Crippen molar-refractivity contribution in [3.63, 3.8) is 0 Å². The minimum absolute atomic E-state index is 0.167. The van der Waals surface area contributed by atoms with Crippen LogP contribution in [-0.2, 0) is 0 Å². The minimum atomic E-state index is -0.167. The molecule has 0 aliphatic carbocycles. The average Bonchev–Trinajstić information content (AvgIpc) is 1.27. The molecule has 8 heavy (non-hydrogen) atoms. The van der Waals surface area contributed by atoms with Gasteiger partial charge in [-0.05, 0) is 0 Å². The largest absolute Gasteiger partial charge is 0.506 e. The maximum Gasteiger partial charge on any atom is 0.327 e. The molecular weight excluding hydrogens is 130 g/mol. The molecule has 0 aromatic heterocycles. The summed E-state index contributed by atoms with van der Waals surface area (Å²) in [5.41, 5.74) is 0. The lowest BCUT2D eigenvalue weighted by Gasteiger charge is -2.14. The molecule has 0 rings (SSSR count). The third-order valence-corrected chi connectivity index (χ3v) is 0. The number of quaternary nitrogens is 1. The number of hydrogen-bond acceptors (Lipinski definition) is 2. The Morgan fingerprint density at radius 1 is 1.25 bits per heavy atom. The number of nitrogens with zero attached hydrogens (tertiary/aromatic N) is 1. The van der Waals surface area contributed by atoms with Gasteiger partial charge in [0.15, 0.2) is 0 Å². The molecule has 3 nitrogen and oxygen atoms in total. The van der Waals surface area contributed by atoms with Gasteiger partial charge in [0.2, 0.25) is 0 Å². The van der Waals surface area contributed by atoms with E-state index in [0.717, 1.165) is 4.48 Å². The zero-order valence-electron chi connectivity index (χ0n) is 5.68. The van der Waals surface area contributed by atoms with E-state index in [0.29, 0.717) is 0 Å². The molecule has 0 heterocycles. The van der Waals surface area contributed by atoms with Gasteiger partial charge in [0.1, 0.15) is 0 Å². The van der Waals surface area contributed by atoms with Crippen LogP contribution in [0.25, 0.3) is 0 Å². The summed E-state index contributed by atoms with van der Waals surface area (Å²) in [5, 5.41) is 0. The molecule has 0 unspecified atom stereocenters. The van der Waals surface area contributed by atoms with Gasteiger partial charge in [-0.15, -0.1) is 4.66 Å². The fourth-order valence-corrected chi connectivity index (χ4v) is 0. The molecule has 0 fully saturated rings. The van der Waals surface area contributed by atoms with Crippen LogP contribution in [-0.4, -0.2) is 37.3 Å². The highest BCUT2D eigenvalue weighted by Gasteiger charge is 1.88. The van der Waals surface area contributed by atoms with Crippen LogP contribution in [0.15, 0.2) is 0 Å². The molecule has 0 amide bonds. The predicted octanol–water partition coefficient (Wildman–Crippen LogP) is -1.42. The van der Waals surface area contributed by atoms with Gasteiger partial charge < -0.3 is 9.14 Å². The molecule has 0 aromatic carbocycles. The number of hydrogen-bond donors (Lipinski definition) is 1. The van der Waals surface area contributed by atoms with Crippen LogP contribution in [0.4, 0.5) is 0 Å². The smallest absolute Gasteiger partial charge is 0.327 e. The van der Waals surface area contributed by atoms with Crippen LogP contribution >= 0.6 is 0 Å². The summed E-state index contributed by atoms with van der Waals surface area (Å²) in [4.78, 5) is 0. The zero-order valence-corrected chi connectivity index (χ0v) is 6.44. The normalized spacial score (nSPS) is 9.75. The van der Waals surface area contributed by atoms with Crippen molar-refractivity contribution in [2.75, 3.05) is 28.2 Å². The van der Waals surface area contributed by atoms with Gasteiger partial charge in [-0.1, -0.05) is 0 Å². The summed E-state index contributed by atoms with van der Waals surface area (Å²) < 4.78 is 16.2. The van der Waals surface area contributed by atoms with Crippen molar-refractivity contribution >= 4 is 0 Å². The van der Waals surface area contributed by atoms with E-state index in [4.69, 9.17) is 9.32 Å². The van der Waals surface area contributed by atoms with Crippen LogP contribution in [0.2, 0.25) is 0 Å². The molecule has 0 saturated carbocycles. The van der Waals surface area contributed by atoms with Crippen LogP contribution in [0.3, 0.4) is 0 Å². The fourth-order valence-electron chi connectivity index (χ4n) is 0. The fraction of sp³-hybridized carbons (Fsp3) is 1.00. The van der Waals surface area contributed by atoms with E-state index in [-0.39, 0.29) is 11.3 Å². The SMILES string of the molecule is C[N+](C)(C)C.[O-][Cl+]O. The number of rotatable bonds is 0. The molecule has 4 heteroatoms. The maximum absolute atomic E-state index is 8.35. The maximum atomic E-state index is 8.35. The lowest BCUT2D eigenvalue weighted by atomic mass is 10.8. The molecule has 0 aliphatic heterocycles. The Bertz CT molecular complexity index is 37.8. The Hall–Kier alpha value is 0.170. The predicted molar refractivity (Wildman–Crippen MR) is 26.2 cm³/mol. The first-order valence-corrected chi connectivity index (χ1v) is 2.76. The van der Waals surface area contributed by atoms with E-state index < -0.39 is 0 Å². The van der Waals surface area contributed by atoms with Crippen molar-refractivity contribution in [1.82, 2.24) is 0 Å². The molecular formula is C4H13ClNO2+. The molecule has 0 atom stereocenters. The molecule has 52 valence electrons. The third-order valence-electron chi connectivity index (χ3n) is 0. The summed E-state index contributed by atoms with van der Waals surface area (Å²) in [5.74, 6) is 0. The highest BCUT2D eigenvalue weighted by molar-refractivity contribution is 3.87. The Morgan fingerprint density at radius 2 is 1.25 bits per heavy atom. The van der Waals surface area contributed by atoms with Crippen molar-refractivity contribution in [3.8, 4) is 0 Å². The molecule has 0 aliphatic rings. The second kappa shape index (κ2) is 5.31. The summed E-state index contributed by atoms with van der Waals surface area (Å²) in [7, 11) is 8.50. The van der Waals surface area contributed by atoms with Gasteiger partial charge in [-0.2, -0.15) is 0 Å². The van der Waals surface area contributed by atoms with E-state index in [1.807, 2.05) is 0 Å². The van der Waals surface area contributed by atoms with E-state index in [1.165, 1.54) is 0 Å². The van der Waals surface area contributed by atoms with Crippen LogP contribution < -0.4 is 4.66 Å². The second-order valence-electron chi connectivity index (χ2n) is 2.75. The van der Waals surface area contributed by atoms with Crippen molar-refractivity contribution in [1.29, 1.82) is 0 Å². The van der Waals surface area contributed by atoms with E-state index in [2.05, 4.69) is 28.2 Å². The van der Waals surface area contributed by atoms with Gasteiger partial charge >= 0.3 is 11.3 Å². The van der Waals surface area contributed by atoms with Gasteiger partial charge in [-0.25, -0.2) is 0 Å². The first-order chi connectivity index (χ1) is 3.41. The van der Waals surface area contributed by atoms with Crippen molar-refractivity contribution < 1.29 is 25.1 Å². The van der Waals surface area contributed by atoms with Gasteiger partial charge in [0.25, 0.3) is 0 Å². The average molecular weight is 143 g/mol. The molecule has 0 aromatic rings. The lowest BCUT2D eigenvalue weighted by molar-refractivity contribution is -1.27. The first kappa shape index (κ1) is 11.0. The van der Waals surface area contributed by atoms with Gasteiger partial charge in [-0.3, -0.25) is 0 Å². The molecule has 0 spiro atoms. The Morgan fingerprint density at radius 3 is 1.25 bits per heavy atom. The van der Waals surface area contributed by atoms with Crippen molar-refractivity contribution in [2.45, 2.75) is 0 Å². The summed E-state index contributed by atoms with van der Waals surface area (Å²) in [6, 6.07) is 0. The van der Waals surface area contributed by atoms with Crippen LogP contribution in [0, 0.1) is 11.3 Å². The minimum Gasteiger partial charge on any atom is -0.506 e. The second-order valence-corrected chi connectivity index (χ2v) is 2.89. The quantitative estimate of drug-likeness (QED) is 0.422. The standard InChI is InChI=1S/C4H12N.ClHO2/c1-5(2,3)4;2-1-3/h1-4H3;2H/q+1;. The Kier molecular flexibility index (Phi) is 7.32. The molecule has 0 bridgehead atoms. The van der Waals surface area contributed by atoms with Crippen molar-refractivity contribution in [3.05, 3.63) is 0 Å². The van der Waals surface area contributed by atoms with Crippen molar-refractivity contribution in [2.24, 2.45) is 0 Å². The summed E-state index contributed by atoms with van der Waals surface area (Å²) >= 11 is -0.167. The van der Waals surface area contributed by atoms with E-state index in [1.54, 1.807) is 0 Å². The Balaban J connectivity index is 0. The zero-order chi connectivity index (χ0) is 7.21. The number of halogens is 1. The molecule has 1 N–H and O–H groups in total. The highest BCUT2D eigenvalue weighted by Crippen LogP contribution is 1.73. The van der Waals surface area contributed by atoms with E-state index in [9.17, 15) is 0 Å². The summed E-state index contributed by atoms with van der Waals surface area (Å²) in [6.45, 7) is 0. The summed E-state index contributed by atoms with van der Waals surface area (Å²) in [6.07, 6.45) is 0. The van der Waals surface area contributed by atoms with Crippen LogP contribution in [0.1, 0.15) is 0 Å². The Labute approximate surface area is 54.2 Å². The molecule has 0 radical (unpaired) electrons. The van der Waals surface area contributed by atoms with Crippen LogP contribution in [0.5, 0.6) is 0 Å². The lowest BCUT2D eigenvalue weighted by Crippen LogP contribution is -2.27. The van der Waals surface area contributed by atoms with E-state index >= 15 is 0 Å².